The first-order valence-electron chi connectivity index (χ1n) is 10.8. The van der Waals surface area contributed by atoms with Gasteiger partial charge in [0.2, 0.25) is 0 Å². The van der Waals surface area contributed by atoms with Crippen LogP contribution in [0.4, 0.5) is 11.4 Å². The number of amides is 1. The molecule has 5 rings (SSSR count). The minimum Gasteiger partial charge on any atom is -0.334 e. The molecule has 0 saturated heterocycles. The number of nitro benzene ring substituents is 1. The fraction of sp³-hybridized carbons (Fsp3) is 0.217. The van der Waals surface area contributed by atoms with Crippen LogP contribution in [0.25, 0.3) is 11.3 Å². The molecule has 2 aromatic carbocycles. The van der Waals surface area contributed by atoms with Crippen LogP contribution >= 0.6 is 11.8 Å². The molecule has 0 aliphatic carbocycles. The van der Waals surface area contributed by atoms with Gasteiger partial charge in [0.05, 0.1) is 15.5 Å². The molecule has 11 heteroatoms. The summed E-state index contributed by atoms with van der Waals surface area (Å²) in [5.74, 6) is 0.655. The number of benzene rings is 2. The number of fused-ring (bicyclic) bond motifs is 1. The van der Waals surface area contributed by atoms with Crippen LogP contribution in [0.1, 0.15) is 29.0 Å². The lowest BCUT2D eigenvalue weighted by Gasteiger charge is -2.11. The van der Waals surface area contributed by atoms with Crippen molar-refractivity contribution in [2.75, 3.05) is 5.32 Å². The first kappa shape index (κ1) is 21.8. The monoisotopic (exact) mass is 475 g/mol. The summed E-state index contributed by atoms with van der Waals surface area (Å²) in [5.41, 5.74) is 2.39. The van der Waals surface area contributed by atoms with E-state index in [1.807, 2.05) is 24.4 Å². The third-order valence-corrected chi connectivity index (χ3v) is 6.73. The number of hydrogen-bond donors (Lipinski definition) is 1. The van der Waals surface area contributed by atoms with E-state index in [-0.39, 0.29) is 11.3 Å². The molecule has 0 radical (unpaired) electrons. The Morgan fingerprint density at radius 2 is 2.09 bits per heavy atom. The Morgan fingerprint density at radius 1 is 1.21 bits per heavy atom. The normalized spacial score (nSPS) is 12.9. The molecule has 4 aromatic rings. The summed E-state index contributed by atoms with van der Waals surface area (Å²) >= 11 is 1.12. The molecule has 10 nitrogen and oxygen atoms in total. The number of rotatable bonds is 6. The van der Waals surface area contributed by atoms with Crippen molar-refractivity contribution in [3.05, 3.63) is 76.5 Å². The van der Waals surface area contributed by atoms with E-state index < -0.39 is 10.8 Å². The second-order valence-corrected chi connectivity index (χ2v) is 9.00. The van der Waals surface area contributed by atoms with Gasteiger partial charge in [-0.1, -0.05) is 12.1 Å². The van der Waals surface area contributed by atoms with Crippen molar-refractivity contribution >= 4 is 29.0 Å². The standard InChI is InChI=1S/C23H21N7O3S/c1-28-14-24-27-23(28)34-20-9-8-16(12-19(20)30(32)33)22(31)25-17-6-4-5-15(11-17)18-13-29-10-3-2-7-21(29)26-18/h4-6,8-9,11-14H,2-3,7,10H2,1H3,(H,25,31). The van der Waals surface area contributed by atoms with E-state index in [9.17, 15) is 14.9 Å². The number of aryl methyl sites for hydroxylation is 3. The highest BCUT2D eigenvalue weighted by atomic mass is 32.2. The quantitative estimate of drug-likeness (QED) is 0.325. The van der Waals surface area contributed by atoms with Crippen molar-refractivity contribution in [3.8, 4) is 11.3 Å². The van der Waals surface area contributed by atoms with E-state index in [2.05, 4.69) is 20.1 Å². The predicted molar refractivity (Wildman–Crippen MR) is 127 cm³/mol. The number of nitro groups is 1. The van der Waals surface area contributed by atoms with Gasteiger partial charge in [0, 0.05) is 49.1 Å². The lowest BCUT2D eigenvalue weighted by Crippen LogP contribution is -2.12. The number of aromatic nitrogens is 5. The number of hydrogen-bond acceptors (Lipinski definition) is 7. The van der Waals surface area contributed by atoms with E-state index >= 15 is 0 Å². The molecule has 2 aromatic heterocycles. The molecular formula is C23H21N7O3S. The van der Waals surface area contributed by atoms with E-state index in [1.165, 1.54) is 12.4 Å². The molecule has 0 atom stereocenters. The Labute approximate surface area is 199 Å². The van der Waals surface area contributed by atoms with Gasteiger partial charge in [-0.3, -0.25) is 14.9 Å². The zero-order valence-electron chi connectivity index (χ0n) is 18.3. The Balaban J connectivity index is 1.36. The van der Waals surface area contributed by atoms with Gasteiger partial charge in [-0.25, -0.2) is 4.98 Å². The molecule has 0 bridgehead atoms. The summed E-state index contributed by atoms with van der Waals surface area (Å²) in [6, 6.07) is 11.8. The molecule has 34 heavy (non-hydrogen) atoms. The fourth-order valence-corrected chi connectivity index (χ4v) is 4.71. The molecule has 3 heterocycles. The maximum atomic E-state index is 12.9. The van der Waals surface area contributed by atoms with Crippen LogP contribution in [0.2, 0.25) is 0 Å². The Morgan fingerprint density at radius 3 is 2.85 bits per heavy atom. The Hall–Kier alpha value is -3.99. The van der Waals surface area contributed by atoms with Crippen LogP contribution in [0, 0.1) is 10.1 Å². The summed E-state index contributed by atoms with van der Waals surface area (Å²) in [5, 5.41) is 22.7. The van der Waals surface area contributed by atoms with Crippen molar-refractivity contribution in [2.24, 2.45) is 7.05 Å². The minimum atomic E-state index is -0.503. The van der Waals surface area contributed by atoms with Gasteiger partial charge in [0.1, 0.15) is 12.2 Å². The lowest BCUT2D eigenvalue weighted by atomic mass is 10.1. The van der Waals surface area contributed by atoms with Gasteiger partial charge in [-0.05, 0) is 48.9 Å². The van der Waals surface area contributed by atoms with Crippen LogP contribution in [0.5, 0.6) is 0 Å². The zero-order chi connectivity index (χ0) is 23.7. The predicted octanol–water partition coefficient (Wildman–Crippen LogP) is 4.33. The van der Waals surface area contributed by atoms with E-state index in [0.29, 0.717) is 15.7 Å². The summed E-state index contributed by atoms with van der Waals surface area (Å²) in [6.07, 6.45) is 6.84. The smallest absolute Gasteiger partial charge is 0.284 e. The largest absolute Gasteiger partial charge is 0.334 e. The van der Waals surface area contributed by atoms with Crippen molar-refractivity contribution < 1.29 is 9.72 Å². The number of anilines is 1. The molecule has 1 N–H and O–H groups in total. The number of nitrogens with zero attached hydrogens (tertiary/aromatic N) is 6. The van der Waals surface area contributed by atoms with Crippen molar-refractivity contribution in [1.82, 2.24) is 24.3 Å². The summed E-state index contributed by atoms with van der Waals surface area (Å²) in [4.78, 5) is 29.2. The van der Waals surface area contributed by atoms with E-state index in [4.69, 9.17) is 4.98 Å². The van der Waals surface area contributed by atoms with Crippen LogP contribution in [0.15, 0.2) is 65.0 Å². The van der Waals surface area contributed by atoms with E-state index in [0.717, 1.165) is 54.7 Å². The first-order valence-corrected chi connectivity index (χ1v) is 11.6. The second kappa shape index (κ2) is 9.10. The van der Waals surface area contributed by atoms with Crippen molar-refractivity contribution in [3.63, 3.8) is 0 Å². The maximum Gasteiger partial charge on any atom is 0.284 e. The molecule has 172 valence electrons. The second-order valence-electron chi connectivity index (χ2n) is 7.99. The van der Waals surface area contributed by atoms with Gasteiger partial charge in [0.15, 0.2) is 5.16 Å². The average molecular weight is 476 g/mol. The van der Waals surface area contributed by atoms with Crippen molar-refractivity contribution in [2.45, 2.75) is 35.9 Å². The summed E-state index contributed by atoms with van der Waals surface area (Å²) in [7, 11) is 1.75. The zero-order valence-corrected chi connectivity index (χ0v) is 19.2. The highest BCUT2D eigenvalue weighted by Gasteiger charge is 2.20. The molecule has 1 amide bonds. The topological polar surface area (TPSA) is 121 Å². The number of carbonyl (C=O) groups is 1. The maximum absolute atomic E-state index is 12.9. The third kappa shape index (κ3) is 4.42. The Bertz CT molecular complexity index is 1370. The number of imidazole rings is 1. The molecule has 0 saturated carbocycles. The van der Waals surface area contributed by atoms with Crippen LogP contribution in [-0.4, -0.2) is 35.1 Å². The van der Waals surface area contributed by atoms with Gasteiger partial charge < -0.3 is 14.5 Å². The van der Waals surface area contributed by atoms with Gasteiger partial charge in [0.25, 0.3) is 11.6 Å². The van der Waals surface area contributed by atoms with Crippen molar-refractivity contribution in [1.29, 1.82) is 0 Å². The van der Waals surface area contributed by atoms with Crippen LogP contribution in [-0.2, 0) is 20.0 Å². The summed E-state index contributed by atoms with van der Waals surface area (Å²) < 4.78 is 3.85. The molecule has 1 aliphatic rings. The van der Waals surface area contributed by atoms with Gasteiger partial charge >= 0.3 is 0 Å². The average Bonchev–Trinajstić information content (AvgIpc) is 3.45. The van der Waals surface area contributed by atoms with Gasteiger partial charge in [-0.15, -0.1) is 10.2 Å². The highest BCUT2D eigenvalue weighted by Crippen LogP contribution is 2.34. The van der Waals surface area contributed by atoms with Gasteiger partial charge in [-0.2, -0.15) is 0 Å². The third-order valence-electron chi connectivity index (χ3n) is 5.61. The molecule has 0 unspecified atom stereocenters. The molecular weight excluding hydrogens is 454 g/mol. The SMILES string of the molecule is Cn1cnnc1Sc1ccc(C(=O)Nc2cccc(-c3cn4c(n3)CCCC4)c2)cc1[N+](=O)[O-]. The number of nitrogens with one attached hydrogen (secondary N) is 1. The minimum absolute atomic E-state index is 0.169. The lowest BCUT2D eigenvalue weighted by molar-refractivity contribution is -0.387. The molecule has 1 aliphatic heterocycles. The fourth-order valence-electron chi connectivity index (χ4n) is 3.86. The Kier molecular flexibility index (Phi) is 5.84. The highest BCUT2D eigenvalue weighted by molar-refractivity contribution is 7.99. The van der Waals surface area contributed by atoms with E-state index in [1.54, 1.807) is 29.8 Å². The van der Waals surface area contributed by atoms with Crippen LogP contribution in [0.3, 0.4) is 0 Å². The molecule has 0 fully saturated rings. The molecule has 0 spiro atoms. The van der Waals surface area contributed by atoms with Crippen LogP contribution < -0.4 is 5.32 Å². The number of carbonyl (C=O) groups excluding carboxylic acids is 1. The summed E-state index contributed by atoms with van der Waals surface area (Å²) in [6.45, 7) is 0.975. The first-order chi connectivity index (χ1) is 16.5.